The van der Waals surface area contributed by atoms with Crippen LogP contribution in [0.5, 0.6) is 0 Å². The summed E-state index contributed by atoms with van der Waals surface area (Å²) in [6, 6.07) is 0. The molecular formula is C6H14BNO2. The SMILES string of the molecule is BCC(=O)NCCOCC. The lowest BCUT2D eigenvalue weighted by Crippen LogP contribution is -2.26. The molecule has 0 aliphatic rings. The lowest BCUT2D eigenvalue weighted by atomic mass is 10.1. The number of nitrogens with one attached hydrogen (secondary N) is 1. The molecule has 0 unspecified atom stereocenters. The topological polar surface area (TPSA) is 38.3 Å². The molecule has 0 atom stereocenters. The number of hydrogen-bond donors (Lipinski definition) is 1. The van der Waals surface area contributed by atoms with E-state index < -0.39 is 0 Å². The Hall–Kier alpha value is -0.505. The highest BCUT2D eigenvalue weighted by Crippen LogP contribution is 1.73. The predicted octanol–water partition coefficient (Wildman–Crippen LogP) is -0.810. The number of rotatable bonds is 5. The Balaban J connectivity index is 2.96. The minimum atomic E-state index is 0.0831. The van der Waals surface area contributed by atoms with E-state index >= 15 is 0 Å². The summed E-state index contributed by atoms with van der Waals surface area (Å²) in [5.74, 6) is 0.0831. The highest BCUT2D eigenvalue weighted by Gasteiger charge is 1.93. The van der Waals surface area contributed by atoms with Gasteiger partial charge in [0, 0.05) is 13.2 Å². The van der Waals surface area contributed by atoms with Crippen LogP contribution in [-0.4, -0.2) is 33.5 Å². The van der Waals surface area contributed by atoms with Gasteiger partial charge in [0.05, 0.1) is 6.61 Å². The second-order valence-corrected chi connectivity index (χ2v) is 1.90. The second kappa shape index (κ2) is 6.61. The first kappa shape index (κ1) is 9.49. The highest BCUT2D eigenvalue weighted by atomic mass is 16.5. The van der Waals surface area contributed by atoms with Crippen LogP contribution in [0.15, 0.2) is 0 Å². The van der Waals surface area contributed by atoms with Crippen LogP contribution >= 0.6 is 0 Å². The van der Waals surface area contributed by atoms with Crippen LogP contribution in [0.3, 0.4) is 0 Å². The van der Waals surface area contributed by atoms with Crippen LogP contribution in [0.4, 0.5) is 0 Å². The van der Waals surface area contributed by atoms with E-state index in [0.717, 1.165) is 0 Å². The Bertz CT molecular complexity index is 97.7. The zero-order valence-electron chi connectivity index (χ0n) is 6.64. The van der Waals surface area contributed by atoms with Gasteiger partial charge >= 0.3 is 0 Å². The third kappa shape index (κ3) is 5.63. The summed E-state index contributed by atoms with van der Waals surface area (Å²) in [6.45, 7) is 3.88. The summed E-state index contributed by atoms with van der Waals surface area (Å²) in [6.07, 6.45) is 0.548. The molecule has 58 valence electrons. The van der Waals surface area contributed by atoms with E-state index in [1.54, 1.807) is 0 Å². The standard InChI is InChI=1S/C6H14BNO2/c1-2-10-4-3-8-6(9)5-7/h2-5,7H2,1H3,(H,8,9). The van der Waals surface area contributed by atoms with Crippen molar-refractivity contribution in [1.82, 2.24) is 5.32 Å². The molecule has 0 fully saturated rings. The molecule has 0 aliphatic heterocycles. The van der Waals surface area contributed by atoms with Crippen molar-refractivity contribution in [2.75, 3.05) is 19.8 Å². The Morgan fingerprint density at radius 1 is 1.70 bits per heavy atom. The van der Waals surface area contributed by atoms with Gasteiger partial charge in [-0.3, -0.25) is 4.79 Å². The summed E-state index contributed by atoms with van der Waals surface area (Å²) >= 11 is 0. The lowest BCUT2D eigenvalue weighted by Gasteiger charge is -2.02. The first-order chi connectivity index (χ1) is 4.81. The molecule has 0 aromatic heterocycles. The van der Waals surface area contributed by atoms with Gasteiger partial charge in [-0.25, -0.2) is 0 Å². The van der Waals surface area contributed by atoms with Crippen LogP contribution in [-0.2, 0) is 9.53 Å². The molecule has 0 aromatic carbocycles. The van der Waals surface area contributed by atoms with Crippen molar-refractivity contribution in [1.29, 1.82) is 0 Å². The second-order valence-electron chi connectivity index (χ2n) is 1.90. The number of carbonyl (C=O) groups is 1. The largest absolute Gasteiger partial charge is 0.380 e. The molecule has 0 bridgehead atoms. The zero-order valence-corrected chi connectivity index (χ0v) is 6.64. The van der Waals surface area contributed by atoms with Crippen molar-refractivity contribution in [2.45, 2.75) is 13.2 Å². The van der Waals surface area contributed by atoms with Crippen molar-refractivity contribution < 1.29 is 9.53 Å². The van der Waals surface area contributed by atoms with Gasteiger partial charge < -0.3 is 10.1 Å². The van der Waals surface area contributed by atoms with Crippen LogP contribution < -0.4 is 5.32 Å². The Labute approximate surface area is 62.5 Å². The molecule has 1 N–H and O–H groups in total. The maximum Gasteiger partial charge on any atom is 0.212 e. The third-order valence-electron chi connectivity index (χ3n) is 1.09. The van der Waals surface area contributed by atoms with Crippen LogP contribution in [0.2, 0.25) is 6.32 Å². The van der Waals surface area contributed by atoms with Crippen LogP contribution in [0.1, 0.15) is 6.92 Å². The molecule has 0 radical (unpaired) electrons. The van der Waals surface area contributed by atoms with Crippen molar-refractivity contribution in [3.63, 3.8) is 0 Å². The summed E-state index contributed by atoms with van der Waals surface area (Å²) in [5.41, 5.74) is 0. The maximum absolute atomic E-state index is 10.6. The summed E-state index contributed by atoms with van der Waals surface area (Å²) in [7, 11) is 1.83. The van der Waals surface area contributed by atoms with E-state index in [9.17, 15) is 4.79 Å². The zero-order chi connectivity index (χ0) is 7.82. The molecule has 1 amide bonds. The molecule has 0 aromatic rings. The molecule has 0 heterocycles. The van der Waals surface area contributed by atoms with E-state index in [1.807, 2.05) is 14.8 Å². The minimum absolute atomic E-state index is 0.0831. The first-order valence-corrected chi connectivity index (χ1v) is 3.65. The van der Waals surface area contributed by atoms with Crippen molar-refractivity contribution in [3.05, 3.63) is 0 Å². The summed E-state index contributed by atoms with van der Waals surface area (Å²) in [5, 5.41) is 2.70. The number of amides is 1. The normalized spacial score (nSPS) is 9.30. The number of hydrogen-bond acceptors (Lipinski definition) is 2. The third-order valence-corrected chi connectivity index (χ3v) is 1.09. The fraction of sp³-hybridized carbons (Fsp3) is 0.833. The minimum Gasteiger partial charge on any atom is -0.380 e. The first-order valence-electron chi connectivity index (χ1n) is 3.65. The predicted molar refractivity (Wildman–Crippen MR) is 42.9 cm³/mol. The monoisotopic (exact) mass is 143 g/mol. The lowest BCUT2D eigenvalue weighted by molar-refractivity contribution is -0.119. The molecule has 10 heavy (non-hydrogen) atoms. The smallest absolute Gasteiger partial charge is 0.212 e. The summed E-state index contributed by atoms with van der Waals surface area (Å²) in [4.78, 5) is 10.6. The Kier molecular flexibility index (Phi) is 6.28. The molecule has 0 spiro atoms. The quantitative estimate of drug-likeness (QED) is 0.403. The molecule has 0 aliphatic carbocycles. The molecule has 0 saturated heterocycles. The number of carbonyl (C=O) groups excluding carboxylic acids is 1. The van der Waals surface area contributed by atoms with Gasteiger partial charge in [-0.2, -0.15) is 0 Å². The van der Waals surface area contributed by atoms with E-state index in [2.05, 4.69) is 5.32 Å². The van der Waals surface area contributed by atoms with Crippen molar-refractivity contribution >= 4 is 13.8 Å². The highest BCUT2D eigenvalue weighted by molar-refractivity contribution is 6.19. The number of ether oxygens (including phenoxy) is 1. The molecule has 0 rings (SSSR count). The van der Waals surface area contributed by atoms with Gasteiger partial charge in [0.1, 0.15) is 7.85 Å². The Morgan fingerprint density at radius 3 is 2.90 bits per heavy atom. The van der Waals surface area contributed by atoms with E-state index in [1.165, 1.54) is 0 Å². The maximum atomic E-state index is 10.6. The van der Waals surface area contributed by atoms with Crippen molar-refractivity contribution in [2.24, 2.45) is 0 Å². The fourth-order valence-corrected chi connectivity index (χ4v) is 0.532. The van der Waals surface area contributed by atoms with Gasteiger partial charge in [0.2, 0.25) is 5.91 Å². The molecule has 3 nitrogen and oxygen atoms in total. The van der Waals surface area contributed by atoms with Gasteiger partial charge in [-0.15, -0.1) is 0 Å². The molecule has 0 saturated carbocycles. The Morgan fingerprint density at radius 2 is 2.40 bits per heavy atom. The van der Waals surface area contributed by atoms with E-state index in [0.29, 0.717) is 26.1 Å². The molecule has 4 heteroatoms. The van der Waals surface area contributed by atoms with Gasteiger partial charge in [-0.1, -0.05) is 0 Å². The fourth-order valence-electron chi connectivity index (χ4n) is 0.532. The van der Waals surface area contributed by atoms with Crippen molar-refractivity contribution in [3.8, 4) is 0 Å². The summed E-state index contributed by atoms with van der Waals surface area (Å²) < 4.78 is 5.01. The molecular weight excluding hydrogens is 129 g/mol. The van der Waals surface area contributed by atoms with Crippen LogP contribution in [0, 0.1) is 0 Å². The van der Waals surface area contributed by atoms with Gasteiger partial charge in [-0.05, 0) is 13.2 Å². The van der Waals surface area contributed by atoms with Gasteiger partial charge in [0.25, 0.3) is 0 Å². The van der Waals surface area contributed by atoms with Crippen LogP contribution in [0.25, 0.3) is 0 Å². The average molecular weight is 143 g/mol. The van der Waals surface area contributed by atoms with Gasteiger partial charge in [0.15, 0.2) is 0 Å². The van der Waals surface area contributed by atoms with E-state index in [4.69, 9.17) is 4.74 Å². The average Bonchev–Trinajstić information content (AvgIpc) is 1.98. The van der Waals surface area contributed by atoms with E-state index in [-0.39, 0.29) is 5.91 Å².